The molecule has 0 saturated carbocycles. The Hall–Kier alpha value is -1.72. The number of nitrogens with zero attached hydrogens (tertiary/aromatic N) is 1. The zero-order chi connectivity index (χ0) is 14.7. The highest BCUT2D eigenvalue weighted by molar-refractivity contribution is 7.09. The van der Waals surface area contributed by atoms with Crippen molar-refractivity contribution in [3.05, 3.63) is 45.9 Å². The van der Waals surface area contributed by atoms with Crippen molar-refractivity contribution in [3.8, 4) is 0 Å². The van der Waals surface area contributed by atoms with Crippen molar-refractivity contribution >= 4 is 22.9 Å². The number of hydrogen-bond donors (Lipinski definition) is 2. The molecule has 1 aliphatic rings. The number of fused-ring (bicyclic) bond motifs is 1. The molecule has 1 aromatic heterocycles. The first-order valence-electron chi connectivity index (χ1n) is 7.25. The SMILES string of the molecule is Cc1nc(CCNC2CCc3ccccc3NC2=O)cs1. The first-order chi connectivity index (χ1) is 10.2. The predicted molar refractivity (Wildman–Crippen MR) is 85.7 cm³/mol. The van der Waals surface area contributed by atoms with Crippen molar-refractivity contribution in [2.75, 3.05) is 11.9 Å². The molecule has 0 fully saturated rings. The van der Waals surface area contributed by atoms with Crippen LogP contribution in [0, 0.1) is 6.92 Å². The largest absolute Gasteiger partial charge is 0.324 e. The van der Waals surface area contributed by atoms with Crippen LogP contribution in [-0.4, -0.2) is 23.5 Å². The second-order valence-electron chi connectivity index (χ2n) is 5.30. The molecule has 0 saturated heterocycles. The molecule has 0 bridgehead atoms. The smallest absolute Gasteiger partial charge is 0.241 e. The van der Waals surface area contributed by atoms with Gasteiger partial charge < -0.3 is 10.6 Å². The Labute approximate surface area is 128 Å². The molecule has 2 heterocycles. The molecular weight excluding hydrogens is 282 g/mol. The lowest BCUT2D eigenvalue weighted by Crippen LogP contribution is -2.40. The number of rotatable bonds is 4. The van der Waals surface area contributed by atoms with Crippen LogP contribution in [-0.2, 0) is 17.6 Å². The summed E-state index contributed by atoms with van der Waals surface area (Å²) in [5.41, 5.74) is 3.26. The standard InChI is InChI=1S/C16H19N3OS/c1-11-18-13(10-21-11)8-9-17-15-7-6-12-4-2-3-5-14(12)19-16(15)20/h2-5,10,15,17H,6-9H2,1H3,(H,19,20). The Morgan fingerprint density at radius 2 is 2.29 bits per heavy atom. The van der Waals surface area contributed by atoms with Crippen molar-refractivity contribution in [2.45, 2.75) is 32.2 Å². The molecule has 0 aliphatic carbocycles. The molecule has 21 heavy (non-hydrogen) atoms. The maximum Gasteiger partial charge on any atom is 0.241 e. The monoisotopic (exact) mass is 301 g/mol. The van der Waals surface area contributed by atoms with Gasteiger partial charge in [-0.25, -0.2) is 4.98 Å². The van der Waals surface area contributed by atoms with Gasteiger partial charge in [-0.05, 0) is 31.4 Å². The number of aromatic nitrogens is 1. The van der Waals surface area contributed by atoms with Gasteiger partial charge in [-0.15, -0.1) is 11.3 Å². The summed E-state index contributed by atoms with van der Waals surface area (Å²) < 4.78 is 0. The number of benzene rings is 1. The Kier molecular flexibility index (Phi) is 4.31. The minimum absolute atomic E-state index is 0.0643. The first kappa shape index (κ1) is 14.2. The van der Waals surface area contributed by atoms with Crippen LogP contribution in [0.5, 0.6) is 0 Å². The number of aryl methyl sites for hydroxylation is 2. The average Bonchev–Trinajstić information content (AvgIpc) is 2.81. The molecule has 0 spiro atoms. The Bertz CT molecular complexity index is 638. The van der Waals surface area contributed by atoms with Gasteiger partial charge in [0.2, 0.25) is 5.91 Å². The van der Waals surface area contributed by atoms with E-state index in [-0.39, 0.29) is 11.9 Å². The summed E-state index contributed by atoms with van der Waals surface area (Å²) in [7, 11) is 0. The fraction of sp³-hybridized carbons (Fsp3) is 0.375. The summed E-state index contributed by atoms with van der Waals surface area (Å²) in [6.45, 7) is 2.79. The number of carbonyl (C=O) groups excluding carboxylic acids is 1. The normalized spacial score (nSPS) is 18.0. The van der Waals surface area contributed by atoms with E-state index < -0.39 is 0 Å². The lowest BCUT2D eigenvalue weighted by molar-refractivity contribution is -0.118. The van der Waals surface area contributed by atoms with E-state index in [4.69, 9.17) is 0 Å². The molecule has 0 radical (unpaired) electrons. The van der Waals surface area contributed by atoms with Gasteiger partial charge in [0.1, 0.15) is 0 Å². The zero-order valence-corrected chi connectivity index (χ0v) is 12.9. The van der Waals surface area contributed by atoms with Crippen LogP contribution in [0.15, 0.2) is 29.6 Å². The van der Waals surface area contributed by atoms with Crippen LogP contribution in [0.4, 0.5) is 5.69 Å². The fourth-order valence-corrected chi connectivity index (χ4v) is 3.25. The van der Waals surface area contributed by atoms with E-state index in [9.17, 15) is 4.79 Å². The molecule has 110 valence electrons. The zero-order valence-electron chi connectivity index (χ0n) is 12.1. The topological polar surface area (TPSA) is 54.0 Å². The third-order valence-corrected chi connectivity index (χ3v) is 4.55. The summed E-state index contributed by atoms with van der Waals surface area (Å²) in [5, 5.41) is 9.54. The van der Waals surface area contributed by atoms with Crippen LogP contribution >= 0.6 is 11.3 Å². The number of thiazole rings is 1. The summed E-state index contributed by atoms with van der Waals surface area (Å²) in [5.74, 6) is 0.0643. The molecule has 1 unspecified atom stereocenters. The molecule has 2 N–H and O–H groups in total. The quantitative estimate of drug-likeness (QED) is 0.912. The minimum Gasteiger partial charge on any atom is -0.324 e. The number of para-hydroxylation sites is 1. The average molecular weight is 301 g/mol. The van der Waals surface area contributed by atoms with E-state index in [1.807, 2.05) is 25.1 Å². The van der Waals surface area contributed by atoms with Gasteiger partial charge in [-0.1, -0.05) is 18.2 Å². The van der Waals surface area contributed by atoms with Gasteiger partial charge in [0.05, 0.1) is 16.7 Å². The van der Waals surface area contributed by atoms with Gasteiger partial charge in [0, 0.05) is 24.0 Å². The van der Waals surface area contributed by atoms with Crippen molar-refractivity contribution in [1.82, 2.24) is 10.3 Å². The lowest BCUT2D eigenvalue weighted by Gasteiger charge is -2.14. The maximum atomic E-state index is 12.2. The molecule has 1 aliphatic heterocycles. The van der Waals surface area contributed by atoms with E-state index in [1.54, 1.807) is 11.3 Å². The molecule has 5 heteroatoms. The van der Waals surface area contributed by atoms with Gasteiger partial charge >= 0.3 is 0 Å². The van der Waals surface area contributed by atoms with Gasteiger partial charge in [-0.2, -0.15) is 0 Å². The highest BCUT2D eigenvalue weighted by Gasteiger charge is 2.22. The van der Waals surface area contributed by atoms with Crippen LogP contribution in [0.1, 0.15) is 22.7 Å². The van der Waals surface area contributed by atoms with Crippen molar-refractivity contribution in [3.63, 3.8) is 0 Å². The predicted octanol–water partition coefficient (Wildman–Crippen LogP) is 2.54. The Morgan fingerprint density at radius 3 is 3.10 bits per heavy atom. The highest BCUT2D eigenvalue weighted by Crippen LogP contribution is 2.21. The molecule has 1 atom stereocenters. The third kappa shape index (κ3) is 3.49. The number of amides is 1. The fourth-order valence-electron chi connectivity index (χ4n) is 2.60. The van der Waals surface area contributed by atoms with E-state index in [0.29, 0.717) is 0 Å². The summed E-state index contributed by atoms with van der Waals surface area (Å²) >= 11 is 1.67. The number of hydrogen-bond acceptors (Lipinski definition) is 4. The molecule has 1 amide bonds. The molecular formula is C16H19N3OS. The third-order valence-electron chi connectivity index (χ3n) is 3.73. The Morgan fingerprint density at radius 1 is 1.43 bits per heavy atom. The van der Waals surface area contributed by atoms with E-state index >= 15 is 0 Å². The van der Waals surface area contributed by atoms with Crippen molar-refractivity contribution in [1.29, 1.82) is 0 Å². The molecule has 3 rings (SSSR count). The molecule has 2 aromatic rings. The van der Waals surface area contributed by atoms with Crippen LogP contribution in [0.2, 0.25) is 0 Å². The second kappa shape index (κ2) is 6.37. The second-order valence-corrected chi connectivity index (χ2v) is 6.36. The number of anilines is 1. The van der Waals surface area contributed by atoms with E-state index in [1.165, 1.54) is 5.56 Å². The van der Waals surface area contributed by atoms with Crippen LogP contribution in [0.25, 0.3) is 0 Å². The maximum absolute atomic E-state index is 12.2. The van der Waals surface area contributed by atoms with Gasteiger partial charge in [0.15, 0.2) is 0 Å². The Balaban J connectivity index is 1.56. The van der Waals surface area contributed by atoms with E-state index in [2.05, 4.69) is 27.1 Å². The summed E-state index contributed by atoms with van der Waals surface area (Å²) in [6.07, 6.45) is 2.61. The lowest BCUT2D eigenvalue weighted by atomic mass is 10.1. The molecule has 4 nitrogen and oxygen atoms in total. The van der Waals surface area contributed by atoms with E-state index in [0.717, 1.165) is 42.2 Å². The minimum atomic E-state index is -0.128. The molecule has 1 aromatic carbocycles. The van der Waals surface area contributed by atoms with Gasteiger partial charge in [-0.3, -0.25) is 4.79 Å². The van der Waals surface area contributed by atoms with Crippen molar-refractivity contribution < 1.29 is 4.79 Å². The number of nitrogens with one attached hydrogen (secondary N) is 2. The first-order valence-corrected chi connectivity index (χ1v) is 8.13. The van der Waals surface area contributed by atoms with Gasteiger partial charge in [0.25, 0.3) is 0 Å². The van der Waals surface area contributed by atoms with Crippen molar-refractivity contribution in [2.24, 2.45) is 0 Å². The summed E-state index contributed by atoms with van der Waals surface area (Å²) in [6, 6.07) is 7.89. The highest BCUT2D eigenvalue weighted by atomic mass is 32.1. The van der Waals surface area contributed by atoms with Crippen LogP contribution in [0.3, 0.4) is 0 Å². The summed E-state index contributed by atoms with van der Waals surface area (Å²) in [4.78, 5) is 16.7. The van der Waals surface area contributed by atoms with Crippen LogP contribution < -0.4 is 10.6 Å². The number of carbonyl (C=O) groups is 1.